The topological polar surface area (TPSA) is 83.7 Å². The van der Waals surface area contributed by atoms with Crippen LogP contribution in [0.3, 0.4) is 0 Å². The van der Waals surface area contributed by atoms with Crippen LogP contribution < -0.4 is 10.2 Å². The van der Waals surface area contributed by atoms with Crippen molar-refractivity contribution in [3.63, 3.8) is 0 Å². The first-order chi connectivity index (χ1) is 9.35. The maximum absolute atomic E-state index is 9.37. The Kier molecular flexibility index (Phi) is 5.56. The van der Waals surface area contributed by atoms with Gasteiger partial charge >= 0.3 is 6.01 Å². The summed E-state index contributed by atoms with van der Waals surface area (Å²) in [4.78, 5) is 2.01. The Labute approximate surface area is 112 Å². The van der Waals surface area contributed by atoms with Crippen LogP contribution in [0.5, 0.6) is 0 Å². The molecule has 7 nitrogen and oxygen atoms in total. The lowest BCUT2D eigenvalue weighted by atomic mass is 10.0. The summed E-state index contributed by atoms with van der Waals surface area (Å²) < 4.78 is 10.6. The third kappa shape index (κ3) is 3.89. The van der Waals surface area contributed by atoms with E-state index in [2.05, 4.69) is 15.5 Å². The van der Waals surface area contributed by atoms with Crippen molar-refractivity contribution in [2.45, 2.75) is 31.8 Å². The highest BCUT2D eigenvalue weighted by Gasteiger charge is 2.25. The number of aliphatic hydroxyl groups excluding tert-OH is 1. The lowest BCUT2D eigenvalue weighted by Gasteiger charge is -2.32. The van der Waals surface area contributed by atoms with Crippen LogP contribution in [0.25, 0.3) is 0 Å². The fourth-order valence-electron chi connectivity index (χ4n) is 2.24. The number of hydrogen-bond donors (Lipinski definition) is 2. The van der Waals surface area contributed by atoms with E-state index in [0.717, 1.165) is 32.4 Å². The van der Waals surface area contributed by atoms with Crippen molar-refractivity contribution in [3.8, 4) is 0 Å². The first kappa shape index (κ1) is 14.2. The Balaban J connectivity index is 1.88. The molecule has 0 aromatic carbocycles. The van der Waals surface area contributed by atoms with E-state index < -0.39 is 0 Å². The van der Waals surface area contributed by atoms with Gasteiger partial charge in [0.25, 0.3) is 0 Å². The molecule has 0 aliphatic carbocycles. The van der Waals surface area contributed by atoms with E-state index in [9.17, 15) is 5.11 Å². The number of hydrogen-bond acceptors (Lipinski definition) is 7. The van der Waals surface area contributed by atoms with Gasteiger partial charge in [0, 0.05) is 20.2 Å². The molecule has 19 heavy (non-hydrogen) atoms. The average Bonchev–Trinajstić information content (AvgIpc) is 2.92. The molecular formula is C12H22N4O3. The van der Waals surface area contributed by atoms with Gasteiger partial charge in [-0.3, -0.25) is 0 Å². The van der Waals surface area contributed by atoms with Gasteiger partial charge in [0.1, 0.15) is 0 Å². The van der Waals surface area contributed by atoms with E-state index in [0.29, 0.717) is 25.1 Å². The predicted molar refractivity (Wildman–Crippen MR) is 70.0 cm³/mol. The second-order valence-corrected chi connectivity index (χ2v) is 4.67. The highest BCUT2D eigenvalue weighted by atomic mass is 16.5. The number of nitrogens with zero attached hydrogens (tertiary/aromatic N) is 3. The van der Waals surface area contributed by atoms with Crippen LogP contribution in [0.4, 0.5) is 6.01 Å². The fourth-order valence-corrected chi connectivity index (χ4v) is 2.24. The van der Waals surface area contributed by atoms with Gasteiger partial charge in [0.15, 0.2) is 0 Å². The van der Waals surface area contributed by atoms with Crippen molar-refractivity contribution in [3.05, 3.63) is 5.89 Å². The van der Waals surface area contributed by atoms with Crippen LogP contribution in [0.15, 0.2) is 4.42 Å². The summed E-state index contributed by atoms with van der Waals surface area (Å²) in [6.07, 6.45) is 3.21. The molecule has 0 spiro atoms. The summed E-state index contributed by atoms with van der Waals surface area (Å²) in [6, 6.07) is 0.616. The summed E-state index contributed by atoms with van der Waals surface area (Å²) in [5.41, 5.74) is 0. The molecule has 0 saturated carbocycles. The van der Waals surface area contributed by atoms with Gasteiger partial charge < -0.3 is 24.5 Å². The second kappa shape index (κ2) is 7.42. The average molecular weight is 270 g/mol. The molecule has 1 atom stereocenters. The van der Waals surface area contributed by atoms with Crippen molar-refractivity contribution in [2.24, 2.45) is 0 Å². The highest BCUT2D eigenvalue weighted by molar-refractivity contribution is 5.27. The SMILES string of the molecule is COCCNCc1nnc(N2CCCCC2CO)o1. The Morgan fingerprint density at radius 2 is 2.37 bits per heavy atom. The van der Waals surface area contributed by atoms with Gasteiger partial charge in [-0.05, 0) is 19.3 Å². The number of aromatic nitrogens is 2. The minimum Gasteiger partial charge on any atom is -0.407 e. The Bertz CT molecular complexity index is 372. The third-order valence-electron chi connectivity index (χ3n) is 3.30. The molecule has 1 saturated heterocycles. The van der Waals surface area contributed by atoms with Crippen LogP contribution in [0, 0.1) is 0 Å². The Morgan fingerprint density at radius 1 is 1.47 bits per heavy atom. The van der Waals surface area contributed by atoms with E-state index >= 15 is 0 Å². The quantitative estimate of drug-likeness (QED) is 0.683. The highest BCUT2D eigenvalue weighted by Crippen LogP contribution is 2.23. The molecule has 0 amide bonds. The van der Waals surface area contributed by atoms with Crippen LogP contribution in [0.1, 0.15) is 25.2 Å². The van der Waals surface area contributed by atoms with Gasteiger partial charge in [-0.2, -0.15) is 0 Å². The van der Waals surface area contributed by atoms with E-state index in [1.165, 1.54) is 0 Å². The lowest BCUT2D eigenvalue weighted by molar-refractivity contribution is 0.198. The summed E-state index contributed by atoms with van der Waals surface area (Å²) in [5, 5.41) is 20.6. The molecule has 2 rings (SSSR count). The van der Waals surface area contributed by atoms with Crippen molar-refractivity contribution >= 4 is 6.01 Å². The molecule has 2 N–H and O–H groups in total. The molecule has 1 aromatic rings. The maximum atomic E-state index is 9.37. The Hall–Kier alpha value is -1.18. The summed E-state index contributed by atoms with van der Waals surface area (Å²) in [7, 11) is 1.66. The van der Waals surface area contributed by atoms with Crippen LogP contribution in [-0.4, -0.2) is 54.8 Å². The van der Waals surface area contributed by atoms with E-state index in [1.54, 1.807) is 7.11 Å². The zero-order chi connectivity index (χ0) is 13.5. The molecule has 2 heterocycles. The first-order valence-corrected chi connectivity index (χ1v) is 6.74. The first-order valence-electron chi connectivity index (χ1n) is 6.74. The van der Waals surface area contributed by atoms with Crippen LogP contribution in [-0.2, 0) is 11.3 Å². The minimum atomic E-state index is 0.100. The lowest BCUT2D eigenvalue weighted by Crippen LogP contribution is -2.42. The molecule has 0 radical (unpaired) electrons. The summed E-state index contributed by atoms with van der Waals surface area (Å²) in [5.74, 6) is 0.563. The number of aliphatic hydroxyl groups is 1. The number of methoxy groups -OCH3 is 1. The number of ether oxygens (including phenoxy) is 1. The summed E-state index contributed by atoms with van der Waals surface area (Å²) in [6.45, 7) is 2.93. The maximum Gasteiger partial charge on any atom is 0.318 e. The van der Waals surface area contributed by atoms with Crippen molar-refractivity contribution < 1.29 is 14.3 Å². The molecule has 0 bridgehead atoms. The number of piperidine rings is 1. The van der Waals surface area contributed by atoms with Crippen molar-refractivity contribution in [1.82, 2.24) is 15.5 Å². The molecule has 1 aliphatic rings. The molecule has 1 fully saturated rings. The minimum absolute atomic E-state index is 0.100. The standard InChI is InChI=1S/C12H22N4O3/c1-18-7-5-13-8-11-14-15-12(19-11)16-6-3-2-4-10(16)9-17/h10,13,17H,2-9H2,1H3. The fraction of sp³-hybridized carbons (Fsp3) is 0.833. The molecule has 1 unspecified atom stereocenters. The number of anilines is 1. The van der Waals surface area contributed by atoms with Crippen molar-refractivity contribution in [2.75, 3.05) is 38.3 Å². The van der Waals surface area contributed by atoms with E-state index in [4.69, 9.17) is 9.15 Å². The number of rotatable bonds is 7. The zero-order valence-electron chi connectivity index (χ0n) is 11.3. The van der Waals surface area contributed by atoms with Gasteiger partial charge in [-0.1, -0.05) is 5.10 Å². The van der Waals surface area contributed by atoms with Crippen LogP contribution >= 0.6 is 0 Å². The van der Waals surface area contributed by atoms with Gasteiger partial charge in [-0.25, -0.2) is 0 Å². The zero-order valence-corrected chi connectivity index (χ0v) is 11.3. The molecular weight excluding hydrogens is 248 g/mol. The van der Waals surface area contributed by atoms with Crippen LogP contribution in [0.2, 0.25) is 0 Å². The van der Waals surface area contributed by atoms with E-state index in [-0.39, 0.29) is 12.6 Å². The molecule has 1 aliphatic heterocycles. The third-order valence-corrected chi connectivity index (χ3v) is 3.30. The normalized spacial score (nSPS) is 19.9. The predicted octanol–water partition coefficient (Wildman–Crippen LogP) is 0.157. The Morgan fingerprint density at radius 3 is 3.16 bits per heavy atom. The van der Waals surface area contributed by atoms with E-state index in [1.807, 2.05) is 4.90 Å². The largest absolute Gasteiger partial charge is 0.407 e. The number of nitrogens with one attached hydrogen (secondary N) is 1. The van der Waals surface area contributed by atoms with Crippen molar-refractivity contribution in [1.29, 1.82) is 0 Å². The smallest absolute Gasteiger partial charge is 0.318 e. The molecule has 1 aromatic heterocycles. The second-order valence-electron chi connectivity index (χ2n) is 4.67. The monoisotopic (exact) mass is 270 g/mol. The molecule has 7 heteroatoms. The van der Waals surface area contributed by atoms with Gasteiger partial charge in [0.2, 0.25) is 5.89 Å². The molecule has 108 valence electrons. The summed E-state index contributed by atoms with van der Waals surface area (Å²) >= 11 is 0. The van der Waals surface area contributed by atoms with Gasteiger partial charge in [-0.15, -0.1) is 5.10 Å². The van der Waals surface area contributed by atoms with Gasteiger partial charge in [0.05, 0.1) is 25.8 Å².